The van der Waals surface area contributed by atoms with Gasteiger partial charge in [0.15, 0.2) is 0 Å². The number of rotatable bonds is 6. The Hall–Kier alpha value is -1.97. The molecule has 2 saturated heterocycles. The van der Waals surface area contributed by atoms with E-state index in [-0.39, 0.29) is 35.8 Å². The summed E-state index contributed by atoms with van der Waals surface area (Å²) in [6.45, 7) is 4.31. The fourth-order valence-corrected chi connectivity index (χ4v) is 6.00. The molecule has 3 aliphatic rings. The molecular formula is C22H31N3O5S. The number of carbonyl (C=O) groups excluding carboxylic acids is 2. The number of amides is 2. The molecule has 3 heterocycles. The number of aryl methyl sites for hydroxylation is 1. The largest absolute Gasteiger partial charge is 0.376 e. The summed E-state index contributed by atoms with van der Waals surface area (Å²) in [6, 6.07) is 4.90. The van der Waals surface area contributed by atoms with E-state index in [2.05, 4.69) is 12.2 Å². The van der Waals surface area contributed by atoms with Crippen LogP contribution >= 0.6 is 0 Å². The van der Waals surface area contributed by atoms with Gasteiger partial charge in [0.25, 0.3) is 0 Å². The molecule has 0 spiro atoms. The van der Waals surface area contributed by atoms with Gasteiger partial charge in [-0.1, -0.05) is 6.92 Å². The molecule has 31 heavy (non-hydrogen) atoms. The molecular weight excluding hydrogens is 418 g/mol. The van der Waals surface area contributed by atoms with Gasteiger partial charge in [0.2, 0.25) is 21.8 Å². The van der Waals surface area contributed by atoms with Crippen LogP contribution in [0.1, 0.15) is 44.6 Å². The Balaban J connectivity index is 1.47. The lowest BCUT2D eigenvalue weighted by Gasteiger charge is -2.31. The summed E-state index contributed by atoms with van der Waals surface area (Å²) in [5.41, 5.74) is 1.41. The first-order valence-electron chi connectivity index (χ1n) is 11.2. The Bertz CT molecular complexity index is 934. The molecule has 9 heteroatoms. The quantitative estimate of drug-likeness (QED) is 0.713. The van der Waals surface area contributed by atoms with Crippen molar-refractivity contribution in [3.63, 3.8) is 0 Å². The zero-order valence-electron chi connectivity index (χ0n) is 18.0. The Morgan fingerprint density at radius 2 is 1.97 bits per heavy atom. The fourth-order valence-electron chi connectivity index (χ4n) is 4.48. The number of sulfonamides is 1. The average Bonchev–Trinajstić information content (AvgIpc) is 3.28. The SMILES string of the molecule is CC1CCN(S(=O)(=O)c2ccc3c(c2)CCC(=O)N3CC(=O)NC[C@H]2CCCO2)CC1. The first-order chi connectivity index (χ1) is 14.8. The first-order valence-corrected chi connectivity index (χ1v) is 12.6. The zero-order chi connectivity index (χ0) is 22.0. The molecule has 0 aromatic heterocycles. The van der Waals surface area contributed by atoms with Gasteiger partial charge in [-0.2, -0.15) is 4.31 Å². The van der Waals surface area contributed by atoms with Gasteiger partial charge in [-0.3, -0.25) is 9.59 Å². The first kappa shape index (κ1) is 22.2. The third-order valence-electron chi connectivity index (χ3n) is 6.48. The van der Waals surface area contributed by atoms with Crippen LogP contribution < -0.4 is 10.2 Å². The summed E-state index contributed by atoms with van der Waals surface area (Å²) in [4.78, 5) is 26.7. The number of piperidine rings is 1. The summed E-state index contributed by atoms with van der Waals surface area (Å²) >= 11 is 0. The lowest BCUT2D eigenvalue weighted by Crippen LogP contribution is -2.44. The Kier molecular flexibility index (Phi) is 6.64. The van der Waals surface area contributed by atoms with Crippen molar-refractivity contribution in [2.24, 2.45) is 5.92 Å². The summed E-state index contributed by atoms with van der Waals surface area (Å²) in [6.07, 6.45) is 4.44. The highest BCUT2D eigenvalue weighted by Crippen LogP contribution is 2.32. The van der Waals surface area contributed by atoms with Crippen molar-refractivity contribution in [3.05, 3.63) is 23.8 Å². The molecule has 0 aliphatic carbocycles. The number of anilines is 1. The fraction of sp³-hybridized carbons (Fsp3) is 0.636. The maximum absolute atomic E-state index is 13.1. The van der Waals surface area contributed by atoms with E-state index < -0.39 is 10.0 Å². The molecule has 8 nitrogen and oxygen atoms in total. The number of hydrogen-bond acceptors (Lipinski definition) is 5. The van der Waals surface area contributed by atoms with Crippen molar-refractivity contribution in [2.75, 3.05) is 37.7 Å². The molecule has 0 unspecified atom stereocenters. The van der Waals surface area contributed by atoms with Crippen molar-refractivity contribution in [1.29, 1.82) is 0 Å². The third-order valence-corrected chi connectivity index (χ3v) is 8.38. The summed E-state index contributed by atoms with van der Waals surface area (Å²) in [5.74, 6) is 0.178. The maximum Gasteiger partial charge on any atom is 0.243 e. The van der Waals surface area contributed by atoms with Crippen molar-refractivity contribution >= 4 is 27.5 Å². The smallest absolute Gasteiger partial charge is 0.243 e. The lowest BCUT2D eigenvalue weighted by atomic mass is 10.0. The standard InChI is InChI=1S/C22H31N3O5S/c1-16-8-10-24(11-9-16)31(28,29)19-5-6-20-17(13-19)4-7-22(27)25(20)15-21(26)23-14-18-3-2-12-30-18/h5-6,13,16,18H,2-4,7-12,14-15H2,1H3,(H,23,26)/t18-/m1/s1. The predicted molar refractivity (Wildman–Crippen MR) is 116 cm³/mol. The molecule has 3 aliphatic heterocycles. The van der Waals surface area contributed by atoms with Crippen molar-refractivity contribution in [3.8, 4) is 0 Å². The Morgan fingerprint density at radius 1 is 1.19 bits per heavy atom. The van der Waals surface area contributed by atoms with E-state index in [1.807, 2.05) is 0 Å². The summed E-state index contributed by atoms with van der Waals surface area (Å²) in [5, 5.41) is 2.85. The lowest BCUT2D eigenvalue weighted by molar-refractivity contribution is -0.124. The van der Waals surface area contributed by atoms with Crippen LogP contribution in [0.15, 0.2) is 23.1 Å². The molecule has 1 N–H and O–H groups in total. The predicted octanol–water partition coefficient (Wildman–Crippen LogP) is 1.68. The summed E-state index contributed by atoms with van der Waals surface area (Å²) in [7, 11) is -3.55. The normalized spacial score (nSPS) is 23.1. The van der Waals surface area contributed by atoms with E-state index in [0.717, 1.165) is 37.9 Å². The maximum atomic E-state index is 13.1. The van der Waals surface area contributed by atoms with Gasteiger partial charge in [-0.25, -0.2) is 8.42 Å². The number of carbonyl (C=O) groups is 2. The third kappa shape index (κ3) is 4.94. The number of ether oxygens (including phenoxy) is 1. The van der Waals surface area contributed by atoms with Gasteiger partial charge >= 0.3 is 0 Å². The Morgan fingerprint density at radius 3 is 2.68 bits per heavy atom. The monoisotopic (exact) mass is 449 g/mol. The highest BCUT2D eigenvalue weighted by atomic mass is 32.2. The highest BCUT2D eigenvalue weighted by Gasteiger charge is 2.31. The average molecular weight is 450 g/mol. The second-order valence-electron chi connectivity index (χ2n) is 8.80. The second kappa shape index (κ2) is 9.26. The van der Waals surface area contributed by atoms with Gasteiger partial charge < -0.3 is 15.0 Å². The Labute approximate surface area is 184 Å². The van der Waals surface area contributed by atoms with E-state index in [0.29, 0.717) is 37.7 Å². The van der Waals surface area contributed by atoms with Crippen LogP contribution in [0.4, 0.5) is 5.69 Å². The molecule has 4 rings (SSSR count). The van der Waals surface area contributed by atoms with E-state index in [4.69, 9.17) is 4.74 Å². The van der Waals surface area contributed by atoms with Crippen LogP contribution in [0.3, 0.4) is 0 Å². The molecule has 1 aromatic carbocycles. The number of hydrogen-bond donors (Lipinski definition) is 1. The van der Waals surface area contributed by atoms with E-state index in [1.54, 1.807) is 22.5 Å². The van der Waals surface area contributed by atoms with Crippen molar-refractivity contribution < 1.29 is 22.7 Å². The van der Waals surface area contributed by atoms with Crippen molar-refractivity contribution in [2.45, 2.75) is 56.4 Å². The molecule has 1 atom stereocenters. The van der Waals surface area contributed by atoms with Gasteiger partial charge in [0.05, 0.1) is 11.0 Å². The van der Waals surface area contributed by atoms with Crippen LogP contribution in [-0.2, 0) is 30.8 Å². The van der Waals surface area contributed by atoms with E-state index in [1.165, 1.54) is 4.90 Å². The minimum atomic E-state index is -3.55. The highest BCUT2D eigenvalue weighted by molar-refractivity contribution is 7.89. The molecule has 0 radical (unpaired) electrons. The summed E-state index contributed by atoms with van der Waals surface area (Å²) < 4.78 is 33.2. The van der Waals surface area contributed by atoms with Crippen LogP contribution in [-0.4, -0.2) is 63.4 Å². The number of benzene rings is 1. The number of nitrogens with zero attached hydrogens (tertiary/aromatic N) is 2. The molecule has 0 saturated carbocycles. The molecule has 1 aromatic rings. The molecule has 2 amide bonds. The van der Waals surface area contributed by atoms with Crippen LogP contribution in [0.25, 0.3) is 0 Å². The van der Waals surface area contributed by atoms with Gasteiger partial charge in [0.1, 0.15) is 6.54 Å². The molecule has 0 bridgehead atoms. The van der Waals surface area contributed by atoms with E-state index >= 15 is 0 Å². The number of nitrogens with one attached hydrogen (secondary N) is 1. The minimum Gasteiger partial charge on any atom is -0.376 e. The minimum absolute atomic E-state index is 0.0406. The molecule has 170 valence electrons. The van der Waals surface area contributed by atoms with Crippen LogP contribution in [0.2, 0.25) is 0 Å². The van der Waals surface area contributed by atoms with Crippen molar-refractivity contribution in [1.82, 2.24) is 9.62 Å². The van der Waals surface area contributed by atoms with Gasteiger partial charge in [-0.15, -0.1) is 0 Å². The number of fused-ring (bicyclic) bond motifs is 1. The van der Waals surface area contributed by atoms with Crippen LogP contribution in [0.5, 0.6) is 0 Å². The molecule has 2 fully saturated rings. The second-order valence-corrected chi connectivity index (χ2v) is 10.7. The van der Waals surface area contributed by atoms with Crippen LogP contribution in [0, 0.1) is 5.92 Å². The van der Waals surface area contributed by atoms with Gasteiger partial charge in [-0.05, 0) is 61.8 Å². The topological polar surface area (TPSA) is 96.0 Å². The zero-order valence-corrected chi connectivity index (χ0v) is 18.8. The van der Waals surface area contributed by atoms with Gasteiger partial charge in [0, 0.05) is 38.3 Å². The van der Waals surface area contributed by atoms with E-state index in [9.17, 15) is 18.0 Å².